The number of benzene rings is 2. The first-order valence-corrected chi connectivity index (χ1v) is 7.04. The number of carbonyl (C=O) groups excluding carboxylic acids is 2. The van der Waals surface area contributed by atoms with Crippen molar-refractivity contribution in [3.63, 3.8) is 0 Å². The predicted octanol–water partition coefficient (Wildman–Crippen LogP) is 2.46. The highest BCUT2D eigenvalue weighted by atomic mass is 16.5. The number of rotatable bonds is 5. The molecule has 0 unspecified atom stereocenters. The van der Waals surface area contributed by atoms with Gasteiger partial charge in [-0.2, -0.15) is 0 Å². The van der Waals surface area contributed by atoms with Crippen LogP contribution in [0.15, 0.2) is 48.5 Å². The third-order valence-corrected chi connectivity index (χ3v) is 3.49. The number of ether oxygens (including phenoxy) is 1. The first-order valence-electron chi connectivity index (χ1n) is 7.04. The zero-order valence-electron chi connectivity index (χ0n) is 11.9. The van der Waals surface area contributed by atoms with Gasteiger partial charge < -0.3 is 9.84 Å². The van der Waals surface area contributed by atoms with Gasteiger partial charge in [-0.1, -0.05) is 18.2 Å². The molecule has 5 heteroatoms. The van der Waals surface area contributed by atoms with Crippen LogP contribution in [-0.2, 0) is 0 Å². The van der Waals surface area contributed by atoms with E-state index in [1.165, 1.54) is 11.0 Å². The number of phenolic OH excluding ortho intramolecular Hbond substituents is 1. The molecule has 0 aromatic heterocycles. The maximum absolute atomic E-state index is 12.1. The molecule has 0 bridgehead atoms. The van der Waals surface area contributed by atoms with Crippen LogP contribution in [0.25, 0.3) is 0 Å². The molecule has 0 radical (unpaired) electrons. The Balaban J connectivity index is 1.55. The van der Waals surface area contributed by atoms with E-state index in [1.807, 2.05) is 0 Å². The fraction of sp³-hybridized carbons (Fsp3) is 0.176. The SMILES string of the molecule is O=C1c2ccccc2C(=O)N1CCCOc1cccc(O)c1. The number of imide groups is 1. The second kappa shape index (κ2) is 5.89. The van der Waals surface area contributed by atoms with Gasteiger partial charge in [-0.05, 0) is 30.7 Å². The Morgan fingerprint density at radius 1 is 0.955 bits per heavy atom. The summed E-state index contributed by atoms with van der Waals surface area (Å²) in [6, 6.07) is 13.3. The molecule has 0 saturated carbocycles. The zero-order chi connectivity index (χ0) is 15.5. The first-order chi connectivity index (χ1) is 10.7. The Kier molecular flexibility index (Phi) is 3.78. The number of hydrogen-bond acceptors (Lipinski definition) is 4. The van der Waals surface area contributed by atoms with Gasteiger partial charge in [-0.15, -0.1) is 0 Å². The molecule has 0 saturated heterocycles. The molecule has 0 aliphatic carbocycles. The van der Waals surface area contributed by atoms with E-state index in [0.29, 0.717) is 36.4 Å². The number of phenols is 1. The summed E-state index contributed by atoms with van der Waals surface area (Å²) in [6.07, 6.45) is 0.529. The number of nitrogens with zero attached hydrogens (tertiary/aromatic N) is 1. The van der Waals surface area contributed by atoms with Crippen LogP contribution < -0.4 is 4.74 Å². The van der Waals surface area contributed by atoms with Gasteiger partial charge in [0.25, 0.3) is 11.8 Å². The smallest absolute Gasteiger partial charge is 0.261 e. The summed E-state index contributed by atoms with van der Waals surface area (Å²) in [4.78, 5) is 25.5. The van der Waals surface area contributed by atoms with Crippen molar-refractivity contribution in [2.45, 2.75) is 6.42 Å². The van der Waals surface area contributed by atoms with E-state index in [2.05, 4.69) is 0 Å². The lowest BCUT2D eigenvalue weighted by Gasteiger charge is -2.14. The molecular formula is C17H15NO4. The molecule has 1 aliphatic rings. The molecule has 0 spiro atoms. The second-order valence-corrected chi connectivity index (χ2v) is 5.01. The molecule has 1 N–H and O–H groups in total. The molecule has 3 rings (SSSR count). The number of hydrogen-bond donors (Lipinski definition) is 1. The molecule has 1 aliphatic heterocycles. The Morgan fingerprint density at radius 3 is 2.27 bits per heavy atom. The standard InChI is InChI=1S/C17H15NO4/c19-12-5-3-6-13(11-12)22-10-4-9-18-16(20)14-7-1-2-8-15(14)17(18)21/h1-3,5-8,11,19H,4,9-10H2. The third kappa shape index (κ3) is 2.65. The fourth-order valence-corrected chi connectivity index (χ4v) is 2.43. The average molecular weight is 297 g/mol. The van der Waals surface area contributed by atoms with Crippen molar-refractivity contribution in [3.8, 4) is 11.5 Å². The second-order valence-electron chi connectivity index (χ2n) is 5.01. The molecular weight excluding hydrogens is 282 g/mol. The van der Waals surface area contributed by atoms with Crippen molar-refractivity contribution in [1.82, 2.24) is 4.90 Å². The van der Waals surface area contributed by atoms with E-state index < -0.39 is 0 Å². The summed E-state index contributed by atoms with van der Waals surface area (Å²) >= 11 is 0. The molecule has 2 aromatic rings. The zero-order valence-corrected chi connectivity index (χ0v) is 11.9. The molecule has 0 atom stereocenters. The minimum Gasteiger partial charge on any atom is -0.508 e. The van der Waals surface area contributed by atoms with Gasteiger partial charge in [0, 0.05) is 12.6 Å². The quantitative estimate of drug-likeness (QED) is 0.680. The lowest BCUT2D eigenvalue weighted by Crippen LogP contribution is -2.31. The van der Waals surface area contributed by atoms with Crippen LogP contribution in [0, 0.1) is 0 Å². The van der Waals surface area contributed by atoms with Gasteiger partial charge in [0.05, 0.1) is 17.7 Å². The van der Waals surface area contributed by atoms with Crippen LogP contribution in [-0.4, -0.2) is 35.0 Å². The Hall–Kier alpha value is -2.82. The van der Waals surface area contributed by atoms with Crippen LogP contribution in [0.5, 0.6) is 11.5 Å². The van der Waals surface area contributed by atoms with E-state index in [-0.39, 0.29) is 17.6 Å². The van der Waals surface area contributed by atoms with Crippen LogP contribution in [0.3, 0.4) is 0 Å². The fourth-order valence-electron chi connectivity index (χ4n) is 2.43. The van der Waals surface area contributed by atoms with Gasteiger partial charge in [-0.25, -0.2) is 0 Å². The topological polar surface area (TPSA) is 66.8 Å². The van der Waals surface area contributed by atoms with Gasteiger partial charge >= 0.3 is 0 Å². The minimum absolute atomic E-state index is 0.137. The third-order valence-electron chi connectivity index (χ3n) is 3.49. The molecule has 1 heterocycles. The van der Waals surface area contributed by atoms with Crippen LogP contribution in [0.2, 0.25) is 0 Å². The highest BCUT2D eigenvalue weighted by Gasteiger charge is 2.34. The lowest BCUT2D eigenvalue weighted by molar-refractivity contribution is 0.0647. The van der Waals surface area contributed by atoms with Gasteiger partial charge in [-0.3, -0.25) is 14.5 Å². The minimum atomic E-state index is -0.252. The summed E-state index contributed by atoms with van der Waals surface area (Å²) in [6.45, 7) is 0.669. The average Bonchev–Trinajstić information content (AvgIpc) is 2.77. The van der Waals surface area contributed by atoms with Gasteiger partial charge in [0.15, 0.2) is 0 Å². The predicted molar refractivity (Wildman–Crippen MR) is 80.0 cm³/mol. The molecule has 112 valence electrons. The van der Waals surface area contributed by atoms with Crippen molar-refractivity contribution >= 4 is 11.8 Å². The number of carbonyl (C=O) groups is 2. The normalized spacial score (nSPS) is 13.4. The van der Waals surface area contributed by atoms with Crippen molar-refractivity contribution in [2.24, 2.45) is 0 Å². The highest BCUT2D eigenvalue weighted by molar-refractivity contribution is 6.21. The first kappa shape index (κ1) is 14.1. The summed E-state index contributed by atoms with van der Waals surface area (Å²) < 4.78 is 5.48. The van der Waals surface area contributed by atoms with Gasteiger partial charge in [0.1, 0.15) is 11.5 Å². The number of amides is 2. The van der Waals surface area contributed by atoms with Crippen LogP contribution in [0.1, 0.15) is 27.1 Å². The highest BCUT2D eigenvalue weighted by Crippen LogP contribution is 2.22. The van der Waals surface area contributed by atoms with E-state index >= 15 is 0 Å². The summed E-state index contributed by atoms with van der Waals surface area (Å²) in [7, 11) is 0. The summed E-state index contributed by atoms with van der Waals surface area (Å²) in [5.41, 5.74) is 0.919. The van der Waals surface area contributed by atoms with Crippen molar-refractivity contribution in [1.29, 1.82) is 0 Å². The van der Waals surface area contributed by atoms with E-state index in [9.17, 15) is 14.7 Å². The maximum atomic E-state index is 12.1. The molecule has 5 nitrogen and oxygen atoms in total. The van der Waals surface area contributed by atoms with Crippen LogP contribution >= 0.6 is 0 Å². The number of fused-ring (bicyclic) bond motifs is 1. The van der Waals surface area contributed by atoms with E-state index in [4.69, 9.17) is 4.74 Å². The molecule has 22 heavy (non-hydrogen) atoms. The van der Waals surface area contributed by atoms with Crippen molar-refractivity contribution in [2.75, 3.05) is 13.2 Å². The Bertz CT molecular complexity index is 691. The summed E-state index contributed by atoms with van der Waals surface area (Å²) in [5, 5.41) is 9.33. The molecule has 0 fully saturated rings. The largest absolute Gasteiger partial charge is 0.508 e. The summed E-state index contributed by atoms with van der Waals surface area (Å²) in [5.74, 6) is 0.191. The van der Waals surface area contributed by atoms with Crippen LogP contribution in [0.4, 0.5) is 0 Å². The Labute approximate surface area is 127 Å². The van der Waals surface area contributed by atoms with E-state index in [1.54, 1.807) is 42.5 Å². The Morgan fingerprint density at radius 2 is 1.64 bits per heavy atom. The van der Waals surface area contributed by atoms with E-state index in [0.717, 1.165) is 0 Å². The molecule has 2 aromatic carbocycles. The van der Waals surface area contributed by atoms with Gasteiger partial charge in [0.2, 0.25) is 0 Å². The monoisotopic (exact) mass is 297 g/mol. The molecule has 2 amide bonds. The van der Waals surface area contributed by atoms with Crippen molar-refractivity contribution in [3.05, 3.63) is 59.7 Å². The maximum Gasteiger partial charge on any atom is 0.261 e. The number of aromatic hydroxyl groups is 1. The van der Waals surface area contributed by atoms with Crippen molar-refractivity contribution < 1.29 is 19.4 Å². The lowest BCUT2D eigenvalue weighted by atomic mass is 10.1.